The van der Waals surface area contributed by atoms with Gasteiger partial charge in [-0.3, -0.25) is 9.59 Å². The second-order valence-electron chi connectivity index (χ2n) is 6.36. The Hall–Kier alpha value is -2.78. The van der Waals surface area contributed by atoms with Crippen LogP contribution in [0.1, 0.15) is 30.2 Å². The average molecular weight is 389 g/mol. The number of benzene rings is 1. The maximum absolute atomic E-state index is 11.7. The number of rotatable bonds is 5. The molecule has 28 heavy (non-hydrogen) atoms. The number of nitrogens with one attached hydrogen (secondary N) is 1. The van der Waals surface area contributed by atoms with Crippen molar-refractivity contribution in [3.05, 3.63) is 41.5 Å². The molecule has 2 heterocycles. The van der Waals surface area contributed by atoms with Gasteiger partial charge < -0.3 is 20.1 Å². The van der Waals surface area contributed by atoms with Crippen molar-refractivity contribution >= 4 is 12.4 Å². The van der Waals surface area contributed by atoms with Crippen LogP contribution >= 0.6 is 0 Å². The molecule has 1 fully saturated rings. The summed E-state index contributed by atoms with van der Waals surface area (Å²) in [5.41, 5.74) is 2.18. The molecule has 1 atom stereocenters. The topological polar surface area (TPSA) is 110 Å². The van der Waals surface area contributed by atoms with Crippen LogP contribution in [0.25, 0.3) is 5.69 Å². The maximum Gasteiger partial charge on any atom is 0.290 e. The Balaban J connectivity index is 0.000000878. The molecule has 1 aromatic carbocycles. The summed E-state index contributed by atoms with van der Waals surface area (Å²) in [6, 6.07) is 8.14. The Bertz CT molecular complexity index is 792. The first-order valence-electron chi connectivity index (χ1n) is 9.16. The van der Waals surface area contributed by atoms with Gasteiger partial charge in [-0.25, -0.2) is 9.67 Å². The SMILES string of the molecule is CCc1ccccc1-n1nc(CC(=O)NC)nc1C1CN(C)CCO1.O=CO. The number of aromatic nitrogens is 3. The fourth-order valence-electron chi connectivity index (χ4n) is 3.01. The van der Waals surface area contributed by atoms with Gasteiger partial charge in [0.25, 0.3) is 6.47 Å². The van der Waals surface area contributed by atoms with Crippen molar-refractivity contribution in [1.82, 2.24) is 25.0 Å². The minimum atomic E-state index is -0.250. The molecule has 2 N–H and O–H groups in total. The molecular weight excluding hydrogens is 362 g/mol. The summed E-state index contributed by atoms with van der Waals surface area (Å²) in [5.74, 6) is 1.16. The number of morpholine rings is 1. The number of hydrogen-bond acceptors (Lipinski definition) is 6. The zero-order chi connectivity index (χ0) is 20.5. The molecular formula is C19H27N5O4. The third-order valence-electron chi connectivity index (χ3n) is 4.43. The summed E-state index contributed by atoms with van der Waals surface area (Å²) in [6.07, 6.45) is 0.897. The van der Waals surface area contributed by atoms with Crippen molar-refractivity contribution in [1.29, 1.82) is 0 Å². The molecule has 0 spiro atoms. The van der Waals surface area contributed by atoms with Crippen molar-refractivity contribution in [3.8, 4) is 5.69 Å². The highest BCUT2D eigenvalue weighted by Crippen LogP contribution is 2.25. The molecule has 0 radical (unpaired) electrons. The number of carbonyl (C=O) groups is 2. The van der Waals surface area contributed by atoms with Gasteiger partial charge in [-0.1, -0.05) is 25.1 Å². The lowest BCUT2D eigenvalue weighted by Crippen LogP contribution is -2.36. The van der Waals surface area contributed by atoms with E-state index in [4.69, 9.17) is 14.6 Å². The van der Waals surface area contributed by atoms with Gasteiger partial charge in [0.05, 0.1) is 18.7 Å². The van der Waals surface area contributed by atoms with Crippen LogP contribution in [0.4, 0.5) is 0 Å². The lowest BCUT2D eigenvalue weighted by Gasteiger charge is -2.29. The standard InChI is InChI=1S/C18H25N5O2.CH2O2/c1-4-13-7-5-6-8-14(13)23-18(15-12-22(3)9-10-25-15)20-16(21-23)11-17(24)19-2;2-1-3/h5-8,15H,4,9-12H2,1-3H3,(H,19,24);1H,(H,2,3). The number of carboxylic acid groups (broad SMARTS) is 1. The van der Waals surface area contributed by atoms with E-state index in [1.54, 1.807) is 7.05 Å². The van der Waals surface area contributed by atoms with E-state index in [9.17, 15) is 4.79 Å². The summed E-state index contributed by atoms with van der Waals surface area (Å²) in [6.45, 7) is 4.19. The number of aryl methyl sites for hydroxylation is 1. The molecule has 1 aliphatic rings. The largest absolute Gasteiger partial charge is 0.483 e. The van der Waals surface area contributed by atoms with Gasteiger partial charge in [0, 0.05) is 20.1 Å². The van der Waals surface area contributed by atoms with Crippen molar-refractivity contribution < 1.29 is 19.4 Å². The van der Waals surface area contributed by atoms with Gasteiger partial charge in [0.15, 0.2) is 11.6 Å². The summed E-state index contributed by atoms with van der Waals surface area (Å²) < 4.78 is 7.80. The van der Waals surface area contributed by atoms with Crippen molar-refractivity contribution in [2.75, 3.05) is 33.8 Å². The predicted molar refractivity (Wildman–Crippen MR) is 103 cm³/mol. The number of ether oxygens (including phenoxy) is 1. The Morgan fingerprint density at radius 3 is 2.79 bits per heavy atom. The van der Waals surface area contributed by atoms with Gasteiger partial charge in [-0.15, -0.1) is 0 Å². The number of hydrogen-bond donors (Lipinski definition) is 2. The van der Waals surface area contributed by atoms with Crippen molar-refractivity contribution in [2.24, 2.45) is 0 Å². The van der Waals surface area contributed by atoms with E-state index in [1.165, 1.54) is 5.56 Å². The number of para-hydroxylation sites is 1. The number of nitrogens with zero attached hydrogens (tertiary/aromatic N) is 4. The summed E-state index contributed by atoms with van der Waals surface area (Å²) in [5, 5.41) is 14.1. The Morgan fingerprint density at radius 2 is 2.14 bits per heavy atom. The highest BCUT2D eigenvalue weighted by Gasteiger charge is 2.27. The van der Waals surface area contributed by atoms with Gasteiger partial charge in [-0.05, 0) is 25.1 Å². The molecule has 1 aromatic heterocycles. The fourth-order valence-corrected chi connectivity index (χ4v) is 3.01. The molecule has 2 aromatic rings. The molecule has 9 heteroatoms. The lowest BCUT2D eigenvalue weighted by atomic mass is 10.1. The van der Waals surface area contributed by atoms with Crippen molar-refractivity contribution in [2.45, 2.75) is 25.9 Å². The minimum absolute atomic E-state index is 0.103. The van der Waals surface area contributed by atoms with E-state index in [0.717, 1.165) is 31.0 Å². The van der Waals surface area contributed by atoms with Crippen molar-refractivity contribution in [3.63, 3.8) is 0 Å². The van der Waals surface area contributed by atoms with Gasteiger partial charge in [0.1, 0.15) is 6.10 Å². The lowest BCUT2D eigenvalue weighted by molar-refractivity contribution is -0.123. The highest BCUT2D eigenvalue weighted by atomic mass is 16.5. The Kier molecular flexibility index (Phi) is 8.09. The molecule has 0 aliphatic carbocycles. The van der Waals surface area contributed by atoms with E-state index < -0.39 is 0 Å². The van der Waals surface area contributed by atoms with Gasteiger partial charge in [0.2, 0.25) is 5.91 Å². The second-order valence-corrected chi connectivity index (χ2v) is 6.36. The zero-order valence-electron chi connectivity index (χ0n) is 16.5. The first kappa shape index (κ1) is 21.5. The number of likely N-dealkylation sites (N-methyl/N-ethyl adjacent to an activating group) is 2. The molecule has 1 unspecified atom stereocenters. The molecule has 0 saturated carbocycles. The Labute approximate surface area is 164 Å². The van der Waals surface area contributed by atoms with Crippen LogP contribution < -0.4 is 5.32 Å². The Morgan fingerprint density at radius 1 is 1.43 bits per heavy atom. The molecule has 0 bridgehead atoms. The quantitative estimate of drug-likeness (QED) is 0.729. The highest BCUT2D eigenvalue weighted by molar-refractivity contribution is 5.77. The monoisotopic (exact) mass is 389 g/mol. The summed E-state index contributed by atoms with van der Waals surface area (Å²) in [4.78, 5) is 27.0. The van der Waals surface area contributed by atoms with Crippen LogP contribution in [0.2, 0.25) is 0 Å². The van der Waals surface area contributed by atoms with Gasteiger partial charge in [-0.2, -0.15) is 5.10 Å². The normalized spacial score (nSPS) is 16.8. The third kappa shape index (κ3) is 5.37. The smallest absolute Gasteiger partial charge is 0.290 e. The number of amides is 1. The average Bonchev–Trinajstić information content (AvgIpc) is 3.12. The van der Waals surface area contributed by atoms with Crippen LogP contribution in [0.15, 0.2) is 24.3 Å². The summed E-state index contributed by atoms with van der Waals surface area (Å²) >= 11 is 0. The summed E-state index contributed by atoms with van der Waals surface area (Å²) in [7, 11) is 3.69. The maximum atomic E-state index is 11.7. The first-order valence-corrected chi connectivity index (χ1v) is 9.16. The first-order chi connectivity index (χ1) is 13.5. The molecule has 152 valence electrons. The molecule has 9 nitrogen and oxygen atoms in total. The van der Waals surface area contributed by atoms with E-state index in [0.29, 0.717) is 12.4 Å². The second kappa shape index (κ2) is 10.5. The van der Waals surface area contributed by atoms with E-state index >= 15 is 0 Å². The van der Waals surface area contributed by atoms with Crippen LogP contribution in [0.3, 0.4) is 0 Å². The molecule has 1 amide bonds. The fraction of sp³-hybridized carbons (Fsp3) is 0.474. The van der Waals surface area contributed by atoms with Crippen LogP contribution in [0, 0.1) is 0 Å². The predicted octanol–water partition coefficient (Wildman–Crippen LogP) is 0.822. The molecule has 3 rings (SSSR count). The van der Waals surface area contributed by atoms with Crippen LogP contribution in [-0.2, 0) is 27.2 Å². The van der Waals surface area contributed by atoms with E-state index in [2.05, 4.69) is 40.3 Å². The van der Waals surface area contributed by atoms with Gasteiger partial charge >= 0.3 is 0 Å². The zero-order valence-corrected chi connectivity index (χ0v) is 16.5. The van der Waals surface area contributed by atoms with E-state index in [-0.39, 0.29) is 24.9 Å². The third-order valence-corrected chi connectivity index (χ3v) is 4.43. The molecule has 1 saturated heterocycles. The van der Waals surface area contributed by atoms with Crippen LogP contribution in [0.5, 0.6) is 0 Å². The van der Waals surface area contributed by atoms with Crippen LogP contribution in [-0.4, -0.2) is 70.9 Å². The minimum Gasteiger partial charge on any atom is -0.483 e. The number of carbonyl (C=O) groups excluding carboxylic acids is 1. The van der Waals surface area contributed by atoms with E-state index in [1.807, 2.05) is 22.9 Å². The molecule has 1 aliphatic heterocycles.